The third kappa shape index (κ3) is 2.72. The largest absolute Gasteiger partial charge is 0.481 e. The molecular formula is C16H21NO2S. The molecule has 2 unspecified atom stereocenters. The number of carbonyl (C=O) groups is 1. The summed E-state index contributed by atoms with van der Waals surface area (Å²) in [7, 11) is 0. The highest BCUT2D eigenvalue weighted by Crippen LogP contribution is 2.38. The standard InChI is InChI=1S/C16H21NO2S/c1-16(15(18)19)7-4-8-17(11-16)10-13-9-12-5-2-3-6-14(12)20-13/h2-3,5-6,13H,4,7-11H2,1H3,(H,18,19). The molecule has 3 rings (SSSR count). The second-order valence-electron chi connectivity index (χ2n) is 6.26. The summed E-state index contributed by atoms with van der Waals surface area (Å²) in [5.74, 6) is -0.649. The van der Waals surface area contributed by atoms with Crippen molar-refractivity contribution in [2.45, 2.75) is 36.3 Å². The summed E-state index contributed by atoms with van der Waals surface area (Å²) in [5, 5.41) is 9.96. The molecule has 2 aliphatic rings. The van der Waals surface area contributed by atoms with Crippen molar-refractivity contribution in [3.8, 4) is 0 Å². The Bertz CT molecular complexity index is 494. The topological polar surface area (TPSA) is 40.5 Å². The lowest BCUT2D eigenvalue weighted by Crippen LogP contribution is -2.47. The van der Waals surface area contributed by atoms with Crippen LogP contribution >= 0.6 is 11.8 Å². The number of rotatable bonds is 3. The maximum Gasteiger partial charge on any atom is 0.310 e. The summed E-state index contributed by atoms with van der Waals surface area (Å²) in [6, 6.07) is 8.60. The van der Waals surface area contributed by atoms with E-state index in [1.165, 1.54) is 10.5 Å². The molecule has 1 N–H and O–H groups in total. The fourth-order valence-corrected chi connectivity index (χ4v) is 4.69. The Kier molecular flexibility index (Phi) is 3.78. The third-order valence-corrected chi connectivity index (χ3v) is 5.77. The lowest BCUT2D eigenvalue weighted by atomic mass is 9.82. The molecule has 3 nitrogen and oxygen atoms in total. The van der Waals surface area contributed by atoms with Gasteiger partial charge in [0.1, 0.15) is 0 Å². The van der Waals surface area contributed by atoms with Gasteiger partial charge in [-0.25, -0.2) is 0 Å². The molecule has 1 aromatic rings. The molecule has 4 heteroatoms. The minimum Gasteiger partial charge on any atom is -0.481 e. The van der Waals surface area contributed by atoms with E-state index in [0.717, 1.165) is 32.4 Å². The maximum absolute atomic E-state index is 11.4. The van der Waals surface area contributed by atoms with Gasteiger partial charge in [0, 0.05) is 23.2 Å². The Morgan fingerprint density at radius 2 is 2.30 bits per heavy atom. The number of nitrogens with zero attached hydrogens (tertiary/aromatic N) is 1. The first kappa shape index (κ1) is 14.0. The molecule has 0 amide bonds. The zero-order chi connectivity index (χ0) is 14.2. The summed E-state index contributed by atoms with van der Waals surface area (Å²) in [6.07, 6.45) is 2.91. The molecule has 1 aromatic carbocycles. The van der Waals surface area contributed by atoms with Crippen molar-refractivity contribution in [3.05, 3.63) is 29.8 Å². The van der Waals surface area contributed by atoms with E-state index in [9.17, 15) is 9.90 Å². The highest BCUT2D eigenvalue weighted by molar-refractivity contribution is 8.00. The van der Waals surface area contributed by atoms with Gasteiger partial charge in [-0.1, -0.05) is 18.2 Å². The molecule has 2 heterocycles. The van der Waals surface area contributed by atoms with Crippen LogP contribution in [0.4, 0.5) is 0 Å². The number of likely N-dealkylation sites (tertiary alicyclic amines) is 1. The van der Waals surface area contributed by atoms with Crippen molar-refractivity contribution in [1.29, 1.82) is 0 Å². The molecule has 1 saturated heterocycles. The highest BCUT2D eigenvalue weighted by Gasteiger charge is 2.38. The van der Waals surface area contributed by atoms with Gasteiger partial charge in [-0.15, -0.1) is 11.8 Å². The van der Waals surface area contributed by atoms with Gasteiger partial charge in [-0.05, 0) is 44.4 Å². The van der Waals surface area contributed by atoms with Crippen molar-refractivity contribution < 1.29 is 9.90 Å². The highest BCUT2D eigenvalue weighted by atomic mass is 32.2. The van der Waals surface area contributed by atoms with Crippen LogP contribution in [0.5, 0.6) is 0 Å². The average molecular weight is 291 g/mol. The van der Waals surface area contributed by atoms with Crippen LogP contribution in [0.25, 0.3) is 0 Å². The van der Waals surface area contributed by atoms with Gasteiger partial charge in [0.25, 0.3) is 0 Å². The Labute approximate surface area is 124 Å². The van der Waals surface area contributed by atoms with Crippen molar-refractivity contribution >= 4 is 17.7 Å². The number of piperidine rings is 1. The zero-order valence-corrected chi connectivity index (χ0v) is 12.7. The smallest absolute Gasteiger partial charge is 0.310 e. The second kappa shape index (κ2) is 5.41. The first-order valence-corrected chi connectivity index (χ1v) is 8.15. The van der Waals surface area contributed by atoms with Gasteiger partial charge in [0.2, 0.25) is 0 Å². The lowest BCUT2D eigenvalue weighted by Gasteiger charge is -2.38. The SMILES string of the molecule is CC1(C(=O)O)CCCN(CC2Cc3ccccc3S2)C1. The third-order valence-electron chi connectivity index (χ3n) is 4.47. The Morgan fingerprint density at radius 1 is 1.50 bits per heavy atom. The van der Waals surface area contributed by atoms with Gasteiger partial charge < -0.3 is 10.0 Å². The van der Waals surface area contributed by atoms with Crippen LogP contribution in [0.3, 0.4) is 0 Å². The van der Waals surface area contributed by atoms with Crippen LogP contribution in [0.2, 0.25) is 0 Å². The molecule has 2 atom stereocenters. The lowest BCUT2D eigenvalue weighted by molar-refractivity contribution is -0.151. The van der Waals surface area contributed by atoms with Gasteiger partial charge >= 0.3 is 5.97 Å². The minimum atomic E-state index is -0.649. The molecule has 108 valence electrons. The molecule has 20 heavy (non-hydrogen) atoms. The molecule has 2 aliphatic heterocycles. The van der Waals surface area contributed by atoms with Crippen LogP contribution in [-0.2, 0) is 11.2 Å². The first-order valence-electron chi connectivity index (χ1n) is 7.27. The summed E-state index contributed by atoms with van der Waals surface area (Å²) >= 11 is 1.95. The van der Waals surface area contributed by atoms with Crippen molar-refractivity contribution in [2.75, 3.05) is 19.6 Å². The molecule has 0 aromatic heterocycles. The van der Waals surface area contributed by atoms with Crippen molar-refractivity contribution in [3.63, 3.8) is 0 Å². The van der Waals surface area contributed by atoms with Gasteiger partial charge in [-0.2, -0.15) is 0 Å². The zero-order valence-electron chi connectivity index (χ0n) is 11.8. The van der Waals surface area contributed by atoms with Crippen LogP contribution in [0.15, 0.2) is 29.2 Å². The quantitative estimate of drug-likeness (QED) is 0.929. The van der Waals surface area contributed by atoms with Crippen LogP contribution in [0, 0.1) is 5.41 Å². The van der Waals surface area contributed by atoms with E-state index in [-0.39, 0.29) is 0 Å². The predicted octanol–water partition coefficient (Wildman–Crippen LogP) is 2.89. The van der Waals surface area contributed by atoms with Crippen molar-refractivity contribution in [2.24, 2.45) is 5.41 Å². The van der Waals surface area contributed by atoms with E-state index in [1.807, 2.05) is 18.7 Å². The van der Waals surface area contributed by atoms with Gasteiger partial charge in [-0.3, -0.25) is 4.79 Å². The van der Waals surface area contributed by atoms with E-state index >= 15 is 0 Å². The van der Waals surface area contributed by atoms with Crippen LogP contribution in [0.1, 0.15) is 25.3 Å². The Morgan fingerprint density at radius 3 is 3.05 bits per heavy atom. The number of hydrogen-bond acceptors (Lipinski definition) is 3. The molecule has 0 spiro atoms. The number of carboxylic acid groups (broad SMARTS) is 1. The number of carboxylic acids is 1. The van der Waals surface area contributed by atoms with Gasteiger partial charge in [0.05, 0.1) is 5.41 Å². The number of thioether (sulfide) groups is 1. The fourth-order valence-electron chi connectivity index (χ4n) is 3.32. The van der Waals surface area contributed by atoms with Gasteiger partial charge in [0.15, 0.2) is 0 Å². The van der Waals surface area contributed by atoms with Crippen LogP contribution < -0.4 is 0 Å². The van der Waals surface area contributed by atoms with E-state index in [2.05, 4.69) is 29.2 Å². The average Bonchev–Trinajstić information content (AvgIpc) is 2.80. The molecule has 0 bridgehead atoms. The van der Waals surface area contributed by atoms with Crippen molar-refractivity contribution in [1.82, 2.24) is 4.90 Å². The van der Waals surface area contributed by atoms with E-state index in [0.29, 0.717) is 11.8 Å². The fraction of sp³-hybridized carbons (Fsp3) is 0.562. The normalized spacial score (nSPS) is 30.1. The summed E-state index contributed by atoms with van der Waals surface area (Å²) in [5.41, 5.74) is 0.884. The molecular weight excluding hydrogens is 270 g/mol. The Hall–Kier alpha value is -1.00. The number of fused-ring (bicyclic) bond motifs is 1. The summed E-state index contributed by atoms with van der Waals surface area (Å²) < 4.78 is 0. The number of benzene rings is 1. The van der Waals surface area contributed by atoms with Crippen LogP contribution in [-0.4, -0.2) is 40.9 Å². The van der Waals surface area contributed by atoms with E-state index in [1.54, 1.807) is 0 Å². The molecule has 0 aliphatic carbocycles. The minimum absolute atomic E-state index is 0.561. The first-order chi connectivity index (χ1) is 9.57. The molecule has 0 saturated carbocycles. The number of hydrogen-bond donors (Lipinski definition) is 1. The summed E-state index contributed by atoms with van der Waals surface area (Å²) in [4.78, 5) is 15.2. The molecule has 0 radical (unpaired) electrons. The van der Waals surface area contributed by atoms with E-state index < -0.39 is 11.4 Å². The summed E-state index contributed by atoms with van der Waals surface area (Å²) in [6.45, 7) is 4.62. The van der Waals surface area contributed by atoms with E-state index in [4.69, 9.17) is 0 Å². The molecule has 1 fully saturated rings. The monoisotopic (exact) mass is 291 g/mol. The Balaban J connectivity index is 1.61. The number of aliphatic carboxylic acids is 1. The predicted molar refractivity (Wildman–Crippen MR) is 81.2 cm³/mol. The maximum atomic E-state index is 11.4. The second-order valence-corrected chi connectivity index (χ2v) is 7.60.